The van der Waals surface area contributed by atoms with E-state index in [1.54, 1.807) is 11.3 Å². The first-order valence-electron chi connectivity index (χ1n) is 11.9. The number of allylic oxidation sites excluding steroid dienone is 3. The summed E-state index contributed by atoms with van der Waals surface area (Å²) in [5.41, 5.74) is 3.44. The minimum atomic E-state index is -0.545. The maximum Gasteiger partial charge on any atom is 0.336 e. The van der Waals surface area contributed by atoms with Gasteiger partial charge in [-0.25, -0.2) is 4.79 Å². The van der Waals surface area contributed by atoms with Crippen molar-refractivity contribution in [2.75, 3.05) is 20.0 Å². The highest BCUT2D eigenvalue weighted by molar-refractivity contribution is 7.10. The number of benzene rings is 1. The molecule has 2 aliphatic heterocycles. The number of thiophene rings is 1. The van der Waals surface area contributed by atoms with Crippen LogP contribution < -0.4 is 14.8 Å². The van der Waals surface area contributed by atoms with Gasteiger partial charge in [0.2, 0.25) is 6.79 Å². The quantitative estimate of drug-likeness (QED) is 0.436. The van der Waals surface area contributed by atoms with Gasteiger partial charge in [0, 0.05) is 40.1 Å². The van der Waals surface area contributed by atoms with Crippen LogP contribution in [0, 0.1) is 0 Å². The Hall–Kier alpha value is -3.10. The van der Waals surface area contributed by atoms with E-state index in [-0.39, 0.29) is 31.2 Å². The van der Waals surface area contributed by atoms with Crippen LogP contribution in [-0.2, 0) is 19.1 Å². The summed E-state index contributed by atoms with van der Waals surface area (Å²) in [5.74, 6) is 0.432. The standard InChI is InChI=1S/C27H29NO6S/c1-15(2)31-8-9-32-27(30)24-16(3)28-19-11-18(23-5-4-10-35-23)12-20(29)26(19)25(24)17-6-7-21-22(13-17)34-14-33-21/h4-7,10,13,15,18,25,28H,8-9,11-12,14H2,1-3H3/t18-,25+/m1/s1. The van der Waals surface area contributed by atoms with E-state index in [9.17, 15) is 9.59 Å². The third kappa shape index (κ3) is 4.73. The van der Waals surface area contributed by atoms with Gasteiger partial charge in [-0.05, 0) is 56.3 Å². The van der Waals surface area contributed by atoms with Gasteiger partial charge in [-0.1, -0.05) is 12.1 Å². The summed E-state index contributed by atoms with van der Waals surface area (Å²) in [4.78, 5) is 28.2. The number of carbonyl (C=O) groups is 2. The molecular formula is C27H29NO6S. The van der Waals surface area contributed by atoms with E-state index in [4.69, 9.17) is 18.9 Å². The van der Waals surface area contributed by atoms with Gasteiger partial charge in [0.05, 0.1) is 18.3 Å². The molecule has 3 heterocycles. The molecule has 0 radical (unpaired) electrons. The van der Waals surface area contributed by atoms with Crippen molar-refractivity contribution in [3.05, 3.63) is 68.7 Å². The average molecular weight is 496 g/mol. The smallest absolute Gasteiger partial charge is 0.336 e. The summed E-state index contributed by atoms with van der Waals surface area (Å²) in [6, 6.07) is 9.69. The molecule has 0 saturated heterocycles. The zero-order chi connectivity index (χ0) is 24.5. The minimum absolute atomic E-state index is 0.0424. The molecule has 0 saturated carbocycles. The number of fused-ring (bicyclic) bond motifs is 1. The number of hydrogen-bond acceptors (Lipinski definition) is 8. The number of nitrogens with one attached hydrogen (secondary N) is 1. The van der Waals surface area contributed by atoms with E-state index < -0.39 is 11.9 Å². The van der Waals surface area contributed by atoms with Crippen molar-refractivity contribution < 1.29 is 28.5 Å². The molecule has 0 bridgehead atoms. The molecule has 0 amide bonds. The summed E-state index contributed by atoms with van der Waals surface area (Å²) in [7, 11) is 0. The van der Waals surface area contributed by atoms with Crippen molar-refractivity contribution in [3.8, 4) is 11.5 Å². The van der Waals surface area contributed by atoms with Crippen LogP contribution in [0.5, 0.6) is 11.5 Å². The lowest BCUT2D eigenvalue weighted by atomic mass is 9.72. The van der Waals surface area contributed by atoms with Crippen LogP contribution in [0.1, 0.15) is 55.9 Å². The highest BCUT2D eigenvalue weighted by Crippen LogP contribution is 2.47. The first kappa shape index (κ1) is 23.6. The first-order chi connectivity index (χ1) is 16.9. The molecule has 1 aromatic carbocycles. The topological polar surface area (TPSA) is 83.1 Å². The molecule has 5 rings (SSSR count). The lowest BCUT2D eigenvalue weighted by Gasteiger charge is -2.36. The van der Waals surface area contributed by atoms with Gasteiger partial charge in [0.15, 0.2) is 17.3 Å². The summed E-state index contributed by atoms with van der Waals surface area (Å²) >= 11 is 1.67. The van der Waals surface area contributed by atoms with Crippen molar-refractivity contribution >= 4 is 23.1 Å². The third-order valence-corrected chi connectivity index (χ3v) is 7.53. The van der Waals surface area contributed by atoms with Crippen LogP contribution in [0.3, 0.4) is 0 Å². The SMILES string of the molecule is CC1=C(C(=O)OCCOC(C)C)[C@H](c2ccc3c(c2)OCO3)C2=C(C[C@@H](c3cccs3)CC2=O)N1. The lowest BCUT2D eigenvalue weighted by Crippen LogP contribution is -2.36. The lowest BCUT2D eigenvalue weighted by molar-refractivity contribution is -0.141. The highest BCUT2D eigenvalue weighted by Gasteiger charge is 2.42. The van der Waals surface area contributed by atoms with Crippen molar-refractivity contribution in [1.29, 1.82) is 0 Å². The van der Waals surface area contributed by atoms with Gasteiger partial charge >= 0.3 is 5.97 Å². The fourth-order valence-electron chi connectivity index (χ4n) is 4.96. The molecule has 7 nitrogen and oxygen atoms in total. The Bertz CT molecular complexity index is 1200. The molecule has 184 valence electrons. The van der Waals surface area contributed by atoms with E-state index >= 15 is 0 Å². The highest BCUT2D eigenvalue weighted by atomic mass is 32.1. The number of rotatable bonds is 7. The fourth-order valence-corrected chi connectivity index (χ4v) is 5.79. The van der Waals surface area contributed by atoms with Gasteiger partial charge in [-0.15, -0.1) is 11.3 Å². The van der Waals surface area contributed by atoms with Crippen molar-refractivity contribution in [1.82, 2.24) is 5.32 Å². The van der Waals surface area contributed by atoms with Crippen molar-refractivity contribution in [3.63, 3.8) is 0 Å². The summed E-state index contributed by atoms with van der Waals surface area (Å²) in [5, 5.41) is 5.42. The Balaban J connectivity index is 1.50. The molecular weight excluding hydrogens is 466 g/mol. The van der Waals surface area contributed by atoms with E-state index in [2.05, 4.69) is 11.4 Å². The maximum atomic E-state index is 13.6. The van der Waals surface area contributed by atoms with E-state index in [1.165, 1.54) is 4.88 Å². The Morgan fingerprint density at radius 3 is 2.77 bits per heavy atom. The summed E-state index contributed by atoms with van der Waals surface area (Å²) in [6.45, 7) is 6.34. The predicted molar refractivity (Wildman–Crippen MR) is 132 cm³/mol. The second-order valence-corrected chi connectivity index (χ2v) is 10.2. The third-order valence-electron chi connectivity index (χ3n) is 6.49. The average Bonchev–Trinajstić information content (AvgIpc) is 3.52. The molecule has 1 aliphatic carbocycles. The van der Waals surface area contributed by atoms with Crippen molar-refractivity contribution in [2.24, 2.45) is 0 Å². The van der Waals surface area contributed by atoms with Crippen LogP contribution in [0.4, 0.5) is 0 Å². The maximum absolute atomic E-state index is 13.6. The molecule has 8 heteroatoms. The molecule has 3 aliphatic rings. The normalized spacial score (nSPS) is 21.3. The van der Waals surface area contributed by atoms with Crippen LogP contribution >= 0.6 is 11.3 Å². The number of dihydropyridines is 1. The molecule has 0 fully saturated rings. The number of ketones is 1. The number of ether oxygens (including phenoxy) is 4. The van der Waals surface area contributed by atoms with Gasteiger partial charge in [0.1, 0.15) is 6.61 Å². The monoisotopic (exact) mass is 495 g/mol. The molecule has 2 atom stereocenters. The Kier molecular flexibility index (Phi) is 6.67. The summed E-state index contributed by atoms with van der Waals surface area (Å²) < 4.78 is 22.2. The van der Waals surface area contributed by atoms with Gasteiger partial charge in [0.25, 0.3) is 0 Å². The number of hydrogen-bond donors (Lipinski definition) is 1. The predicted octanol–water partition coefficient (Wildman–Crippen LogP) is 4.81. The largest absolute Gasteiger partial charge is 0.460 e. The summed E-state index contributed by atoms with van der Waals surface area (Å²) in [6.07, 6.45) is 1.17. The van der Waals surface area contributed by atoms with E-state index in [1.807, 2.05) is 50.4 Å². The molecule has 1 aromatic heterocycles. The molecule has 0 spiro atoms. The van der Waals surface area contributed by atoms with Gasteiger partial charge in [-0.2, -0.15) is 0 Å². The first-order valence-corrected chi connectivity index (χ1v) is 12.8. The van der Waals surface area contributed by atoms with Crippen LogP contribution in [0.15, 0.2) is 58.3 Å². The van der Waals surface area contributed by atoms with E-state index in [0.29, 0.717) is 47.8 Å². The van der Waals surface area contributed by atoms with Gasteiger partial charge < -0.3 is 24.3 Å². The molecule has 2 aromatic rings. The second kappa shape index (κ2) is 9.87. The van der Waals surface area contributed by atoms with Gasteiger partial charge in [-0.3, -0.25) is 4.79 Å². The fraction of sp³-hybridized carbons (Fsp3) is 0.407. The Morgan fingerprint density at radius 2 is 2.00 bits per heavy atom. The number of esters is 1. The molecule has 1 N–H and O–H groups in total. The van der Waals surface area contributed by atoms with E-state index in [0.717, 1.165) is 11.3 Å². The Labute approximate surface area is 208 Å². The van der Waals surface area contributed by atoms with Crippen LogP contribution in [-0.4, -0.2) is 37.9 Å². The second-order valence-electron chi connectivity index (χ2n) is 9.20. The zero-order valence-electron chi connectivity index (χ0n) is 20.1. The Morgan fingerprint density at radius 1 is 1.17 bits per heavy atom. The molecule has 0 unspecified atom stereocenters. The zero-order valence-corrected chi connectivity index (χ0v) is 20.9. The molecule has 35 heavy (non-hydrogen) atoms. The minimum Gasteiger partial charge on any atom is -0.460 e. The number of Topliss-reactive ketones (excluding diaryl/α,β-unsaturated/α-hetero) is 1. The van der Waals surface area contributed by atoms with Crippen molar-refractivity contribution in [2.45, 2.75) is 51.6 Å². The van der Waals surface area contributed by atoms with Crippen LogP contribution in [0.25, 0.3) is 0 Å². The van der Waals surface area contributed by atoms with Crippen LogP contribution in [0.2, 0.25) is 0 Å². The number of carbonyl (C=O) groups excluding carboxylic acids is 2.